The van der Waals surface area contributed by atoms with Crippen molar-refractivity contribution in [3.63, 3.8) is 0 Å². The number of benzene rings is 2. The number of nitrogens with one attached hydrogen (secondary N) is 1. The van der Waals surface area contributed by atoms with Gasteiger partial charge in [-0.2, -0.15) is 9.61 Å². The van der Waals surface area contributed by atoms with Gasteiger partial charge in [0.05, 0.1) is 5.69 Å². The van der Waals surface area contributed by atoms with Gasteiger partial charge in [-0.3, -0.25) is 0 Å². The van der Waals surface area contributed by atoms with Crippen LogP contribution in [-0.4, -0.2) is 25.7 Å². The highest BCUT2D eigenvalue weighted by molar-refractivity contribution is 5.90. The summed E-state index contributed by atoms with van der Waals surface area (Å²) < 4.78 is 1.65. The third kappa shape index (κ3) is 2.77. The Morgan fingerprint density at radius 2 is 1.69 bits per heavy atom. The number of para-hydroxylation sites is 1. The largest absolute Gasteiger partial charge is 0.477 e. The molecular weight excluding hydrogens is 328 g/mol. The molecule has 0 radical (unpaired) electrons. The van der Waals surface area contributed by atoms with Crippen LogP contribution in [0.1, 0.15) is 16.2 Å². The van der Waals surface area contributed by atoms with Gasteiger partial charge in [0.15, 0.2) is 11.3 Å². The molecule has 0 bridgehead atoms. The summed E-state index contributed by atoms with van der Waals surface area (Å²) in [6.07, 6.45) is 0. The summed E-state index contributed by atoms with van der Waals surface area (Å²) in [6.45, 7) is 1.89. The molecule has 0 saturated heterocycles. The number of aromatic carboxylic acids is 1. The number of aromatic nitrogens is 3. The maximum Gasteiger partial charge on any atom is 0.354 e. The standard InChI is InChI=1S/C20H16N4O2/c1-13-18(14-8-4-2-5-9-14)19-22-16(20(25)26)12-17(24(19)23-13)21-15-10-6-3-7-11-15/h2-12,21H,1H3,(H,25,26). The normalized spacial score (nSPS) is 10.8. The number of rotatable bonds is 4. The van der Waals surface area contributed by atoms with Crippen LogP contribution in [-0.2, 0) is 0 Å². The van der Waals surface area contributed by atoms with Crippen LogP contribution in [0.15, 0.2) is 66.7 Å². The quantitative estimate of drug-likeness (QED) is 0.581. The number of aryl methyl sites for hydroxylation is 1. The molecule has 0 atom stereocenters. The predicted molar refractivity (Wildman–Crippen MR) is 99.8 cm³/mol. The van der Waals surface area contributed by atoms with Crippen LogP contribution < -0.4 is 5.32 Å². The molecule has 2 aromatic carbocycles. The number of carboxylic acids is 1. The molecule has 0 aliphatic carbocycles. The Bertz CT molecular complexity index is 1090. The van der Waals surface area contributed by atoms with Gasteiger partial charge < -0.3 is 10.4 Å². The Labute approximate surface area is 149 Å². The zero-order chi connectivity index (χ0) is 18.1. The van der Waals surface area contributed by atoms with Crippen molar-refractivity contribution in [3.05, 3.63) is 78.1 Å². The Morgan fingerprint density at radius 1 is 1.04 bits per heavy atom. The summed E-state index contributed by atoms with van der Waals surface area (Å²) in [5.41, 5.74) is 3.86. The summed E-state index contributed by atoms with van der Waals surface area (Å²) in [5, 5.41) is 17.3. The molecule has 0 unspecified atom stereocenters. The molecule has 4 aromatic rings. The van der Waals surface area contributed by atoms with Gasteiger partial charge in [0.1, 0.15) is 5.82 Å². The first-order chi connectivity index (χ1) is 12.6. The van der Waals surface area contributed by atoms with Crippen molar-refractivity contribution < 1.29 is 9.90 Å². The SMILES string of the molecule is Cc1nn2c(Nc3ccccc3)cc(C(=O)O)nc2c1-c1ccccc1. The average molecular weight is 344 g/mol. The van der Waals surface area contributed by atoms with Gasteiger partial charge in [-0.25, -0.2) is 9.78 Å². The van der Waals surface area contributed by atoms with Gasteiger partial charge in [0, 0.05) is 17.3 Å². The number of carboxylic acid groups (broad SMARTS) is 1. The molecule has 0 amide bonds. The minimum absolute atomic E-state index is 0.0342. The van der Waals surface area contributed by atoms with E-state index in [1.807, 2.05) is 67.6 Å². The zero-order valence-electron chi connectivity index (χ0n) is 14.0. The maximum absolute atomic E-state index is 11.6. The summed E-state index contributed by atoms with van der Waals surface area (Å²) in [4.78, 5) is 15.9. The first-order valence-corrected chi connectivity index (χ1v) is 8.14. The first-order valence-electron chi connectivity index (χ1n) is 8.14. The zero-order valence-corrected chi connectivity index (χ0v) is 14.0. The lowest BCUT2D eigenvalue weighted by molar-refractivity contribution is 0.0690. The third-order valence-electron chi connectivity index (χ3n) is 4.09. The van der Waals surface area contributed by atoms with E-state index in [9.17, 15) is 9.90 Å². The van der Waals surface area contributed by atoms with E-state index in [1.165, 1.54) is 6.07 Å². The van der Waals surface area contributed by atoms with Gasteiger partial charge >= 0.3 is 5.97 Å². The van der Waals surface area contributed by atoms with E-state index in [0.717, 1.165) is 22.5 Å². The fraction of sp³-hybridized carbons (Fsp3) is 0.0500. The molecule has 6 heteroatoms. The molecule has 0 aliphatic heterocycles. The highest BCUT2D eigenvalue weighted by Crippen LogP contribution is 2.30. The first kappa shape index (κ1) is 15.8. The van der Waals surface area contributed by atoms with Crippen molar-refractivity contribution >= 4 is 23.1 Å². The minimum atomic E-state index is -1.08. The van der Waals surface area contributed by atoms with E-state index < -0.39 is 5.97 Å². The molecule has 2 aromatic heterocycles. The molecule has 128 valence electrons. The fourth-order valence-electron chi connectivity index (χ4n) is 2.93. The monoisotopic (exact) mass is 344 g/mol. The number of nitrogens with zero attached hydrogens (tertiary/aromatic N) is 3. The summed E-state index contributed by atoms with van der Waals surface area (Å²) in [6, 6.07) is 20.7. The minimum Gasteiger partial charge on any atom is -0.477 e. The Balaban J connectivity index is 1.96. The Morgan fingerprint density at radius 3 is 2.35 bits per heavy atom. The lowest BCUT2D eigenvalue weighted by atomic mass is 10.1. The van der Waals surface area contributed by atoms with Crippen LogP contribution in [0.25, 0.3) is 16.8 Å². The van der Waals surface area contributed by atoms with Gasteiger partial charge in [-0.1, -0.05) is 48.5 Å². The topological polar surface area (TPSA) is 79.5 Å². The van der Waals surface area contributed by atoms with Crippen LogP contribution in [0.4, 0.5) is 11.5 Å². The number of fused-ring (bicyclic) bond motifs is 1. The molecule has 0 fully saturated rings. The van der Waals surface area contributed by atoms with E-state index in [2.05, 4.69) is 15.4 Å². The molecular formula is C20H16N4O2. The second kappa shape index (κ2) is 6.33. The number of hydrogen-bond acceptors (Lipinski definition) is 4. The lowest BCUT2D eigenvalue weighted by Gasteiger charge is -2.09. The van der Waals surface area contributed by atoms with Crippen LogP contribution >= 0.6 is 0 Å². The molecule has 0 saturated carbocycles. The number of carbonyl (C=O) groups is 1. The average Bonchev–Trinajstić information content (AvgIpc) is 2.99. The van der Waals surface area contributed by atoms with Crippen LogP contribution in [0.5, 0.6) is 0 Å². The molecule has 26 heavy (non-hydrogen) atoms. The van der Waals surface area contributed by atoms with Crippen molar-refractivity contribution in [3.8, 4) is 11.1 Å². The third-order valence-corrected chi connectivity index (χ3v) is 4.09. The molecule has 0 aliphatic rings. The molecule has 4 rings (SSSR count). The van der Waals surface area contributed by atoms with Crippen LogP contribution in [0.2, 0.25) is 0 Å². The molecule has 0 spiro atoms. The van der Waals surface area contributed by atoms with Crippen LogP contribution in [0.3, 0.4) is 0 Å². The smallest absolute Gasteiger partial charge is 0.354 e. The van der Waals surface area contributed by atoms with Crippen LogP contribution in [0, 0.1) is 6.92 Å². The van der Waals surface area contributed by atoms with E-state index in [1.54, 1.807) is 4.52 Å². The highest BCUT2D eigenvalue weighted by Gasteiger charge is 2.18. The Hall–Kier alpha value is -3.67. The van der Waals surface area contributed by atoms with E-state index in [4.69, 9.17) is 0 Å². The Kier molecular flexibility index (Phi) is 3.85. The van der Waals surface area contributed by atoms with Gasteiger partial charge in [0.25, 0.3) is 0 Å². The number of anilines is 2. The van der Waals surface area contributed by atoms with Crippen molar-refractivity contribution in [2.45, 2.75) is 6.92 Å². The maximum atomic E-state index is 11.6. The highest BCUT2D eigenvalue weighted by atomic mass is 16.4. The van der Waals surface area contributed by atoms with Gasteiger partial charge in [-0.15, -0.1) is 0 Å². The number of hydrogen-bond donors (Lipinski definition) is 2. The lowest BCUT2D eigenvalue weighted by Crippen LogP contribution is -2.07. The summed E-state index contributed by atoms with van der Waals surface area (Å²) in [5.74, 6) is -0.537. The fourth-order valence-corrected chi connectivity index (χ4v) is 2.93. The van der Waals surface area contributed by atoms with E-state index in [0.29, 0.717) is 11.5 Å². The second-order valence-corrected chi connectivity index (χ2v) is 5.88. The van der Waals surface area contributed by atoms with Crippen molar-refractivity contribution in [2.24, 2.45) is 0 Å². The van der Waals surface area contributed by atoms with Crippen molar-refractivity contribution in [2.75, 3.05) is 5.32 Å². The van der Waals surface area contributed by atoms with Crippen molar-refractivity contribution in [1.82, 2.24) is 14.6 Å². The molecule has 2 heterocycles. The van der Waals surface area contributed by atoms with Gasteiger partial charge in [0.2, 0.25) is 0 Å². The van der Waals surface area contributed by atoms with Gasteiger partial charge in [-0.05, 0) is 24.6 Å². The predicted octanol–water partition coefficient (Wildman–Crippen LogP) is 4.15. The van der Waals surface area contributed by atoms with E-state index >= 15 is 0 Å². The molecule has 2 N–H and O–H groups in total. The second-order valence-electron chi connectivity index (χ2n) is 5.88. The molecule has 6 nitrogen and oxygen atoms in total. The summed E-state index contributed by atoms with van der Waals surface area (Å²) >= 11 is 0. The van der Waals surface area contributed by atoms with E-state index in [-0.39, 0.29) is 5.69 Å². The van der Waals surface area contributed by atoms with Crippen molar-refractivity contribution in [1.29, 1.82) is 0 Å². The summed E-state index contributed by atoms with van der Waals surface area (Å²) in [7, 11) is 0.